The number of rotatable bonds is 3. The van der Waals surface area contributed by atoms with Gasteiger partial charge >= 0.3 is 0 Å². The molecule has 2 aromatic rings. The van der Waals surface area contributed by atoms with Crippen LogP contribution >= 0.6 is 43.2 Å². The lowest BCUT2D eigenvalue weighted by atomic mass is 10.2. The number of aryl methyl sites for hydroxylation is 1. The number of halogens is 2. The van der Waals surface area contributed by atoms with E-state index >= 15 is 0 Å². The zero-order valence-corrected chi connectivity index (χ0v) is 14.5. The van der Waals surface area contributed by atoms with Crippen LogP contribution in [-0.4, -0.2) is 22.8 Å². The summed E-state index contributed by atoms with van der Waals surface area (Å²) in [6.45, 7) is 2.53. The van der Waals surface area contributed by atoms with Gasteiger partial charge in [-0.25, -0.2) is 4.98 Å². The maximum Gasteiger partial charge on any atom is 0.255 e. The highest BCUT2D eigenvalue weighted by atomic mass is 79.9. The van der Waals surface area contributed by atoms with E-state index in [4.69, 9.17) is 0 Å². The molecule has 1 aromatic carbocycles. The number of amides is 1. The van der Waals surface area contributed by atoms with Gasteiger partial charge in [0, 0.05) is 27.1 Å². The maximum atomic E-state index is 12.4. The molecule has 1 aromatic heterocycles. The molecule has 0 saturated heterocycles. The van der Waals surface area contributed by atoms with E-state index < -0.39 is 0 Å². The Labute approximate surface area is 132 Å². The predicted molar refractivity (Wildman–Crippen MR) is 84.5 cm³/mol. The smallest absolute Gasteiger partial charge is 0.255 e. The van der Waals surface area contributed by atoms with Gasteiger partial charge in [0.1, 0.15) is 0 Å². The van der Waals surface area contributed by atoms with E-state index in [0.29, 0.717) is 12.1 Å². The first-order valence-electron chi connectivity index (χ1n) is 5.59. The number of carbonyl (C=O) groups excluding carboxylic acids is 1. The minimum Gasteiger partial charge on any atom is -0.336 e. The van der Waals surface area contributed by atoms with Crippen molar-refractivity contribution in [2.24, 2.45) is 0 Å². The Bertz CT molecular complexity index is 612. The van der Waals surface area contributed by atoms with Crippen LogP contribution < -0.4 is 0 Å². The van der Waals surface area contributed by atoms with Gasteiger partial charge in [0.2, 0.25) is 0 Å². The first kappa shape index (κ1) is 14.7. The maximum absolute atomic E-state index is 12.4. The second kappa shape index (κ2) is 6.15. The largest absolute Gasteiger partial charge is 0.336 e. The minimum absolute atomic E-state index is 0.0146. The van der Waals surface area contributed by atoms with Gasteiger partial charge < -0.3 is 4.90 Å². The molecule has 0 spiro atoms. The second-order valence-corrected chi connectivity index (χ2v) is 7.22. The van der Waals surface area contributed by atoms with E-state index in [2.05, 4.69) is 36.8 Å². The highest BCUT2D eigenvalue weighted by Crippen LogP contribution is 2.23. The van der Waals surface area contributed by atoms with Crippen LogP contribution in [0.15, 0.2) is 33.3 Å². The van der Waals surface area contributed by atoms with Crippen LogP contribution in [-0.2, 0) is 6.54 Å². The third-order valence-corrected chi connectivity index (χ3v) is 4.65. The lowest BCUT2D eigenvalue weighted by Crippen LogP contribution is -2.26. The lowest BCUT2D eigenvalue weighted by molar-refractivity contribution is 0.0785. The van der Waals surface area contributed by atoms with Gasteiger partial charge in [-0.05, 0) is 41.1 Å². The first-order valence-corrected chi connectivity index (χ1v) is 7.99. The summed E-state index contributed by atoms with van der Waals surface area (Å²) >= 11 is 8.41. The molecule has 0 radical (unpaired) electrons. The van der Waals surface area contributed by atoms with Gasteiger partial charge in [-0.2, -0.15) is 0 Å². The molecule has 1 heterocycles. The Morgan fingerprint density at radius 1 is 1.42 bits per heavy atom. The van der Waals surface area contributed by atoms with Gasteiger partial charge in [0.25, 0.3) is 5.91 Å². The van der Waals surface area contributed by atoms with Gasteiger partial charge in [-0.15, -0.1) is 11.3 Å². The average molecular weight is 404 g/mol. The quantitative estimate of drug-likeness (QED) is 0.767. The fraction of sp³-hybridized carbons (Fsp3) is 0.231. The minimum atomic E-state index is -0.0146. The van der Waals surface area contributed by atoms with Gasteiger partial charge in [-0.3, -0.25) is 4.79 Å². The predicted octanol–water partition coefficient (Wildman–Crippen LogP) is 4.25. The van der Waals surface area contributed by atoms with Crippen molar-refractivity contribution in [1.29, 1.82) is 0 Å². The Kier molecular flexibility index (Phi) is 4.76. The number of hydrogen-bond acceptors (Lipinski definition) is 3. The number of aromatic nitrogens is 1. The van der Waals surface area contributed by atoms with E-state index in [1.54, 1.807) is 23.3 Å². The molecule has 0 atom stereocenters. The Hall–Kier alpha value is -0.720. The average Bonchev–Trinajstić information content (AvgIpc) is 2.77. The highest BCUT2D eigenvalue weighted by molar-refractivity contribution is 9.11. The van der Waals surface area contributed by atoms with Crippen molar-refractivity contribution in [3.8, 4) is 0 Å². The molecule has 0 bridgehead atoms. The van der Waals surface area contributed by atoms with Crippen LogP contribution in [0.5, 0.6) is 0 Å². The van der Waals surface area contributed by atoms with Gasteiger partial charge in [0.15, 0.2) is 0 Å². The molecule has 19 heavy (non-hydrogen) atoms. The lowest BCUT2D eigenvalue weighted by Gasteiger charge is -2.17. The molecule has 0 fully saturated rings. The molecular weight excluding hydrogens is 392 g/mol. The van der Waals surface area contributed by atoms with Crippen LogP contribution in [0, 0.1) is 6.92 Å². The molecule has 0 unspecified atom stereocenters. The van der Waals surface area contributed by atoms with Crippen molar-refractivity contribution in [2.45, 2.75) is 13.5 Å². The SMILES string of the molecule is Cc1ncc(CN(C)C(=O)c2cc(Br)ccc2Br)s1. The second-order valence-electron chi connectivity index (χ2n) is 4.13. The van der Waals surface area contributed by atoms with E-state index in [-0.39, 0.29) is 5.91 Å². The molecule has 6 heteroatoms. The Morgan fingerprint density at radius 2 is 2.16 bits per heavy atom. The normalized spacial score (nSPS) is 10.5. The fourth-order valence-corrected chi connectivity index (χ4v) is 3.28. The molecule has 0 aliphatic rings. The highest BCUT2D eigenvalue weighted by Gasteiger charge is 2.16. The number of nitrogens with zero attached hydrogens (tertiary/aromatic N) is 2. The molecule has 0 saturated carbocycles. The van der Waals surface area contributed by atoms with Crippen LogP contribution in [0.25, 0.3) is 0 Å². The molecule has 0 aliphatic carbocycles. The molecular formula is C13H12Br2N2OS. The molecule has 3 nitrogen and oxygen atoms in total. The topological polar surface area (TPSA) is 33.2 Å². The van der Waals surface area contributed by atoms with Crippen LogP contribution in [0.1, 0.15) is 20.2 Å². The summed E-state index contributed by atoms with van der Waals surface area (Å²) < 4.78 is 1.69. The third-order valence-electron chi connectivity index (χ3n) is 2.57. The van der Waals surface area contributed by atoms with Crippen molar-refractivity contribution in [2.75, 3.05) is 7.05 Å². The van der Waals surface area contributed by atoms with Crippen LogP contribution in [0.2, 0.25) is 0 Å². The number of thiazole rings is 1. The summed E-state index contributed by atoms with van der Waals surface area (Å²) in [6.07, 6.45) is 1.82. The Balaban J connectivity index is 2.16. The monoisotopic (exact) mass is 402 g/mol. The molecule has 100 valence electrons. The molecule has 2 rings (SSSR count). The van der Waals surface area contributed by atoms with Crippen molar-refractivity contribution in [3.63, 3.8) is 0 Å². The van der Waals surface area contributed by atoms with E-state index in [0.717, 1.165) is 18.8 Å². The summed E-state index contributed by atoms with van der Waals surface area (Å²) in [7, 11) is 1.80. The number of hydrogen-bond donors (Lipinski definition) is 0. The summed E-state index contributed by atoms with van der Waals surface area (Å²) in [5.74, 6) is -0.0146. The number of benzene rings is 1. The standard InChI is InChI=1S/C13H12Br2N2OS/c1-8-16-6-10(19-8)7-17(2)13(18)11-5-9(14)3-4-12(11)15/h3-6H,7H2,1-2H3. The summed E-state index contributed by atoms with van der Waals surface area (Å²) in [5, 5.41) is 1.01. The van der Waals surface area contributed by atoms with Crippen molar-refractivity contribution < 1.29 is 4.79 Å². The molecule has 1 amide bonds. The number of carbonyl (C=O) groups is 1. The van der Waals surface area contributed by atoms with E-state index in [1.165, 1.54) is 0 Å². The van der Waals surface area contributed by atoms with Crippen molar-refractivity contribution >= 4 is 49.1 Å². The third kappa shape index (κ3) is 3.64. The van der Waals surface area contributed by atoms with Gasteiger partial charge in [-0.1, -0.05) is 15.9 Å². The van der Waals surface area contributed by atoms with E-state index in [1.807, 2.05) is 31.3 Å². The summed E-state index contributed by atoms with van der Waals surface area (Å²) in [5.41, 5.74) is 0.651. The first-order chi connectivity index (χ1) is 8.97. The van der Waals surface area contributed by atoms with Crippen LogP contribution in [0.4, 0.5) is 0 Å². The van der Waals surface area contributed by atoms with Crippen LogP contribution in [0.3, 0.4) is 0 Å². The van der Waals surface area contributed by atoms with Crippen molar-refractivity contribution in [1.82, 2.24) is 9.88 Å². The summed E-state index contributed by atoms with van der Waals surface area (Å²) in [6, 6.07) is 5.58. The van der Waals surface area contributed by atoms with E-state index in [9.17, 15) is 4.79 Å². The fourth-order valence-electron chi connectivity index (χ4n) is 1.65. The van der Waals surface area contributed by atoms with Crippen molar-refractivity contribution in [3.05, 3.63) is 48.8 Å². The zero-order valence-electron chi connectivity index (χ0n) is 10.5. The Morgan fingerprint density at radius 3 is 2.79 bits per heavy atom. The zero-order chi connectivity index (χ0) is 14.0. The molecule has 0 N–H and O–H groups in total. The van der Waals surface area contributed by atoms with Gasteiger partial charge in [0.05, 0.1) is 17.1 Å². The molecule has 0 aliphatic heterocycles. The summed E-state index contributed by atoms with van der Waals surface area (Å²) in [4.78, 5) is 19.4.